The molecular weight excluding hydrogens is 320 g/mol. The van der Waals surface area contributed by atoms with Crippen molar-refractivity contribution >= 4 is 5.97 Å². The molecule has 2 saturated carbocycles. The maximum Gasteiger partial charge on any atom is 0.309 e. The molecule has 0 radical (unpaired) electrons. The molecule has 0 aromatic carbocycles. The van der Waals surface area contributed by atoms with Gasteiger partial charge >= 0.3 is 5.97 Å². The zero-order valence-electron chi connectivity index (χ0n) is 15.7. The predicted octanol–water partition coefficient (Wildman–Crippen LogP) is 3.46. The Kier molecular flexibility index (Phi) is 3.56. The van der Waals surface area contributed by atoms with Crippen LogP contribution in [-0.2, 0) is 14.6 Å². The lowest BCUT2D eigenvalue weighted by molar-refractivity contribution is -0.440. The molecule has 2 aliphatic heterocycles. The summed E-state index contributed by atoms with van der Waals surface area (Å²) in [7, 11) is 0. The summed E-state index contributed by atoms with van der Waals surface area (Å²) in [5.74, 6) is -0.348. The third-order valence-electron chi connectivity index (χ3n) is 7.76. The number of carbonyl (C=O) groups is 1. The van der Waals surface area contributed by atoms with Crippen LogP contribution in [0.1, 0.15) is 66.2 Å². The molecule has 2 N–H and O–H groups in total. The number of hydrogen-bond acceptors (Lipinski definition) is 4. The minimum absolute atomic E-state index is 0.0761. The van der Waals surface area contributed by atoms with Crippen molar-refractivity contribution in [1.29, 1.82) is 0 Å². The van der Waals surface area contributed by atoms with Gasteiger partial charge in [0.1, 0.15) is 11.7 Å². The van der Waals surface area contributed by atoms with Gasteiger partial charge in [0.25, 0.3) is 0 Å². The fraction of sp³-hybridized carbons (Fsp3) is 0.850. The lowest BCUT2D eigenvalue weighted by Gasteiger charge is -2.66. The zero-order chi connectivity index (χ0) is 18.3. The van der Waals surface area contributed by atoms with Gasteiger partial charge in [0, 0.05) is 5.92 Å². The van der Waals surface area contributed by atoms with Gasteiger partial charge in [-0.25, -0.2) is 9.78 Å². The fourth-order valence-electron chi connectivity index (χ4n) is 6.66. The molecule has 3 aliphatic carbocycles. The normalized spacial score (nSPS) is 49.2. The first-order valence-corrected chi connectivity index (χ1v) is 9.56. The monoisotopic (exact) mass is 350 g/mol. The van der Waals surface area contributed by atoms with Gasteiger partial charge in [-0.05, 0) is 69.4 Å². The van der Waals surface area contributed by atoms with Crippen molar-refractivity contribution in [2.45, 2.75) is 83.5 Å². The number of aliphatic hydroxyl groups is 1. The number of carboxylic acid groups (broad SMARTS) is 1. The van der Waals surface area contributed by atoms with Gasteiger partial charge in [-0.3, -0.25) is 4.79 Å². The Bertz CT molecular complexity index is 634. The second-order valence-electron chi connectivity index (χ2n) is 9.77. The maximum atomic E-state index is 12.3. The number of rotatable bonds is 2. The first kappa shape index (κ1) is 17.5. The van der Waals surface area contributed by atoms with Crippen LogP contribution in [0.2, 0.25) is 0 Å². The average Bonchev–Trinajstić information content (AvgIpc) is 2.53. The van der Waals surface area contributed by atoms with Crippen molar-refractivity contribution in [2.75, 3.05) is 0 Å². The molecule has 1 spiro atoms. The molecular formula is C20H30O5. The van der Waals surface area contributed by atoms with E-state index in [0.717, 1.165) is 37.7 Å². The van der Waals surface area contributed by atoms with E-state index in [-0.39, 0.29) is 23.4 Å². The minimum atomic E-state index is -0.990. The summed E-state index contributed by atoms with van der Waals surface area (Å²) in [5, 5.41) is 20.7. The SMILES string of the molecule is CC(C)(O)C1=C[C@@]23C[C@](C)(C(=O)O)[C@H]4CCCC[C@@]4(C)[C@H]2C[C@@H]1OO3. The van der Waals surface area contributed by atoms with Crippen molar-refractivity contribution in [3.05, 3.63) is 11.6 Å². The van der Waals surface area contributed by atoms with E-state index in [1.165, 1.54) is 0 Å². The quantitative estimate of drug-likeness (QED) is 0.589. The van der Waals surface area contributed by atoms with Gasteiger partial charge in [-0.1, -0.05) is 19.8 Å². The highest BCUT2D eigenvalue weighted by molar-refractivity contribution is 5.75. The third kappa shape index (κ3) is 2.22. The van der Waals surface area contributed by atoms with Crippen molar-refractivity contribution in [3.8, 4) is 0 Å². The summed E-state index contributed by atoms with van der Waals surface area (Å²) >= 11 is 0. The van der Waals surface area contributed by atoms with Crippen LogP contribution in [0.5, 0.6) is 0 Å². The Hall–Kier alpha value is -0.910. The van der Waals surface area contributed by atoms with Crippen LogP contribution in [0.4, 0.5) is 0 Å². The topological polar surface area (TPSA) is 76.0 Å². The van der Waals surface area contributed by atoms with Gasteiger partial charge in [-0.2, -0.15) is 0 Å². The lowest BCUT2D eigenvalue weighted by atomic mass is 9.41. The Morgan fingerprint density at radius 2 is 2.00 bits per heavy atom. The smallest absolute Gasteiger partial charge is 0.309 e. The molecule has 5 rings (SSSR count). The Morgan fingerprint density at radius 3 is 2.64 bits per heavy atom. The van der Waals surface area contributed by atoms with Gasteiger partial charge < -0.3 is 10.2 Å². The first-order valence-electron chi connectivity index (χ1n) is 9.56. The number of carboxylic acids is 1. The highest BCUT2D eigenvalue weighted by atomic mass is 17.2. The van der Waals surface area contributed by atoms with Gasteiger partial charge in [0.05, 0.1) is 11.0 Å². The van der Waals surface area contributed by atoms with Crippen LogP contribution in [0.15, 0.2) is 11.6 Å². The van der Waals surface area contributed by atoms with E-state index in [4.69, 9.17) is 9.78 Å². The zero-order valence-corrected chi connectivity index (χ0v) is 15.7. The maximum absolute atomic E-state index is 12.3. The molecule has 0 aromatic heterocycles. The number of aliphatic carboxylic acids is 1. The highest BCUT2D eigenvalue weighted by Crippen LogP contribution is 2.68. The van der Waals surface area contributed by atoms with Gasteiger partial charge in [-0.15, -0.1) is 0 Å². The van der Waals surface area contributed by atoms with E-state index in [1.807, 2.05) is 13.0 Å². The summed E-state index contributed by atoms with van der Waals surface area (Å²) in [6, 6.07) is 0. The number of fused-ring (bicyclic) bond motifs is 2. The summed E-state index contributed by atoms with van der Waals surface area (Å²) in [4.78, 5) is 23.9. The van der Waals surface area contributed by atoms with E-state index < -0.39 is 22.6 Å². The van der Waals surface area contributed by atoms with Crippen LogP contribution in [0.3, 0.4) is 0 Å². The van der Waals surface area contributed by atoms with E-state index in [2.05, 4.69) is 6.92 Å². The Labute approximate surface area is 149 Å². The van der Waals surface area contributed by atoms with Gasteiger partial charge in [0.2, 0.25) is 0 Å². The van der Waals surface area contributed by atoms with Crippen molar-refractivity contribution in [2.24, 2.45) is 22.7 Å². The van der Waals surface area contributed by atoms with Crippen molar-refractivity contribution in [3.63, 3.8) is 0 Å². The second kappa shape index (κ2) is 5.08. The molecule has 5 heteroatoms. The first-order chi connectivity index (χ1) is 11.5. The van der Waals surface area contributed by atoms with Crippen LogP contribution < -0.4 is 0 Å². The molecule has 0 unspecified atom stereocenters. The summed E-state index contributed by atoms with van der Waals surface area (Å²) in [5.41, 5.74) is -1.83. The standard InChI is InChI=1S/C20H30O5/c1-17(2,23)12-10-20-11-19(4,16(21)22)14-7-5-6-8-18(14,3)15(20)9-13(12)24-25-20/h10,13-15,23H,5-9,11H2,1-4H3,(H,21,22)/t13-,14-,15+,18+,19-,20+/m0/s1. The van der Waals surface area contributed by atoms with Crippen LogP contribution in [0, 0.1) is 22.7 Å². The van der Waals surface area contributed by atoms with E-state index >= 15 is 0 Å². The second-order valence-corrected chi connectivity index (χ2v) is 9.77. The number of hydrogen-bond donors (Lipinski definition) is 2. The molecule has 0 aromatic rings. The summed E-state index contributed by atoms with van der Waals surface area (Å²) in [6.45, 7) is 7.68. The van der Waals surface area contributed by atoms with E-state index in [0.29, 0.717) is 6.42 Å². The van der Waals surface area contributed by atoms with E-state index in [1.54, 1.807) is 13.8 Å². The van der Waals surface area contributed by atoms with Crippen molar-refractivity contribution < 1.29 is 24.8 Å². The lowest BCUT2D eigenvalue weighted by Crippen LogP contribution is -2.68. The molecule has 1 saturated heterocycles. The molecule has 2 bridgehead atoms. The molecule has 6 atom stereocenters. The third-order valence-corrected chi connectivity index (χ3v) is 7.76. The van der Waals surface area contributed by atoms with Crippen LogP contribution >= 0.6 is 0 Å². The minimum Gasteiger partial charge on any atom is -0.481 e. The highest BCUT2D eigenvalue weighted by Gasteiger charge is 2.69. The van der Waals surface area contributed by atoms with Gasteiger partial charge in [0.15, 0.2) is 0 Å². The fourth-order valence-corrected chi connectivity index (χ4v) is 6.66. The molecule has 5 aliphatic rings. The molecule has 3 fully saturated rings. The molecule has 140 valence electrons. The summed E-state index contributed by atoms with van der Waals surface area (Å²) in [6.07, 6.45) is 7.25. The molecule has 25 heavy (non-hydrogen) atoms. The molecule has 2 heterocycles. The Balaban J connectivity index is 1.87. The predicted molar refractivity (Wildman–Crippen MR) is 91.6 cm³/mol. The van der Waals surface area contributed by atoms with Crippen LogP contribution in [-0.4, -0.2) is 33.5 Å². The largest absolute Gasteiger partial charge is 0.481 e. The van der Waals surface area contributed by atoms with E-state index in [9.17, 15) is 15.0 Å². The molecule has 0 amide bonds. The van der Waals surface area contributed by atoms with Crippen LogP contribution in [0.25, 0.3) is 0 Å². The Morgan fingerprint density at radius 1 is 1.28 bits per heavy atom. The molecule has 5 nitrogen and oxygen atoms in total. The van der Waals surface area contributed by atoms with Crippen molar-refractivity contribution in [1.82, 2.24) is 0 Å². The average molecular weight is 350 g/mol. The summed E-state index contributed by atoms with van der Waals surface area (Å²) < 4.78 is 0.